The van der Waals surface area contributed by atoms with Gasteiger partial charge in [0.2, 0.25) is 0 Å². The zero-order valence-electron chi connectivity index (χ0n) is 17.3. The molecule has 2 saturated heterocycles. The SMILES string of the molecule is OCC1OC(c2ccccc2)OC2C(Cc3ccc(Br)nc3)OC(c3ccccc3)OC12. The van der Waals surface area contributed by atoms with Gasteiger partial charge >= 0.3 is 0 Å². The predicted molar refractivity (Wildman–Crippen MR) is 121 cm³/mol. The molecule has 2 aliphatic rings. The summed E-state index contributed by atoms with van der Waals surface area (Å²) in [5.41, 5.74) is 2.82. The molecule has 166 valence electrons. The number of benzene rings is 2. The van der Waals surface area contributed by atoms with E-state index in [9.17, 15) is 5.11 Å². The molecule has 5 rings (SSSR count). The van der Waals surface area contributed by atoms with Crippen molar-refractivity contribution in [2.75, 3.05) is 6.61 Å². The third-order valence-electron chi connectivity index (χ3n) is 5.76. The molecule has 0 spiro atoms. The first-order valence-electron chi connectivity index (χ1n) is 10.6. The van der Waals surface area contributed by atoms with Gasteiger partial charge in [0, 0.05) is 23.7 Å². The zero-order chi connectivity index (χ0) is 21.9. The van der Waals surface area contributed by atoms with Crippen molar-refractivity contribution in [3.8, 4) is 0 Å². The average Bonchev–Trinajstić information content (AvgIpc) is 2.86. The van der Waals surface area contributed by atoms with Crippen LogP contribution in [0.15, 0.2) is 83.6 Å². The first-order valence-corrected chi connectivity index (χ1v) is 11.4. The van der Waals surface area contributed by atoms with Crippen molar-refractivity contribution < 1.29 is 24.1 Å². The molecular weight excluding hydrogens is 474 g/mol. The molecule has 2 aliphatic heterocycles. The number of nitrogens with zero attached hydrogens (tertiary/aromatic N) is 1. The van der Waals surface area contributed by atoms with Crippen LogP contribution in [0.1, 0.15) is 29.3 Å². The summed E-state index contributed by atoms with van der Waals surface area (Å²) in [5.74, 6) is 0. The topological polar surface area (TPSA) is 70.0 Å². The van der Waals surface area contributed by atoms with Crippen molar-refractivity contribution in [2.24, 2.45) is 0 Å². The predicted octanol–water partition coefficient (Wildman–Crippen LogP) is 4.34. The third kappa shape index (κ3) is 4.64. The van der Waals surface area contributed by atoms with Gasteiger partial charge in [0.1, 0.15) is 22.9 Å². The lowest BCUT2D eigenvalue weighted by atomic mass is 9.94. The molecule has 6 unspecified atom stereocenters. The summed E-state index contributed by atoms with van der Waals surface area (Å²) in [4.78, 5) is 4.34. The fourth-order valence-corrected chi connectivity index (χ4v) is 4.42. The highest BCUT2D eigenvalue weighted by Crippen LogP contribution is 2.41. The molecule has 6 atom stereocenters. The fraction of sp³-hybridized carbons (Fsp3) is 0.320. The van der Waals surface area contributed by atoms with Crippen LogP contribution in [0.3, 0.4) is 0 Å². The number of hydrogen-bond donors (Lipinski definition) is 1. The Labute approximate surface area is 195 Å². The minimum absolute atomic E-state index is 0.179. The lowest BCUT2D eigenvalue weighted by molar-refractivity contribution is -0.384. The van der Waals surface area contributed by atoms with Crippen molar-refractivity contribution in [1.82, 2.24) is 4.98 Å². The van der Waals surface area contributed by atoms with Crippen LogP contribution < -0.4 is 0 Å². The second-order valence-corrected chi connectivity index (χ2v) is 8.72. The summed E-state index contributed by atoms with van der Waals surface area (Å²) in [7, 11) is 0. The van der Waals surface area contributed by atoms with Crippen molar-refractivity contribution in [2.45, 2.75) is 43.4 Å². The summed E-state index contributed by atoms with van der Waals surface area (Å²) in [5, 5.41) is 10.1. The Morgan fingerprint density at radius 1 is 0.719 bits per heavy atom. The minimum atomic E-state index is -0.611. The Balaban J connectivity index is 1.46. The van der Waals surface area contributed by atoms with Crippen LogP contribution in [-0.4, -0.2) is 41.1 Å². The first-order chi connectivity index (χ1) is 15.7. The number of rotatable bonds is 5. The number of pyridine rings is 1. The Kier molecular flexibility index (Phi) is 6.64. The van der Waals surface area contributed by atoms with Crippen molar-refractivity contribution >= 4 is 15.9 Å². The fourth-order valence-electron chi connectivity index (χ4n) is 4.18. The molecular formula is C25H24BrNO5. The standard InChI is InChI=1S/C25H24BrNO5/c26-21-12-11-16(14-27-21)13-19-22-23(32-24(29-19)17-7-3-1-4-8-17)20(15-28)30-25(31-22)18-9-5-2-6-10-18/h1-12,14,19-20,22-25,28H,13,15H2. The van der Waals surface area contributed by atoms with Gasteiger partial charge in [-0.05, 0) is 27.6 Å². The lowest BCUT2D eigenvalue weighted by Gasteiger charge is -2.49. The second-order valence-electron chi connectivity index (χ2n) is 7.91. The Hall–Kier alpha value is -2.13. The third-order valence-corrected chi connectivity index (χ3v) is 6.23. The van der Waals surface area contributed by atoms with Gasteiger partial charge in [0.25, 0.3) is 0 Å². The van der Waals surface area contributed by atoms with E-state index in [1.807, 2.05) is 79.0 Å². The average molecular weight is 498 g/mol. The van der Waals surface area contributed by atoms with Crippen molar-refractivity contribution in [3.05, 3.63) is 100 Å². The van der Waals surface area contributed by atoms with E-state index in [-0.39, 0.29) is 12.7 Å². The van der Waals surface area contributed by atoms with Gasteiger partial charge in [0.05, 0.1) is 12.7 Å². The van der Waals surface area contributed by atoms with Gasteiger partial charge in [-0.15, -0.1) is 0 Å². The number of aromatic nitrogens is 1. The van der Waals surface area contributed by atoms with E-state index in [4.69, 9.17) is 18.9 Å². The number of ether oxygens (including phenoxy) is 4. The molecule has 0 bridgehead atoms. The summed E-state index contributed by atoms with van der Waals surface area (Å²) in [6.07, 6.45) is -0.533. The molecule has 32 heavy (non-hydrogen) atoms. The summed E-state index contributed by atoms with van der Waals surface area (Å²) in [6.45, 7) is -0.179. The molecule has 0 aliphatic carbocycles. The van der Waals surface area contributed by atoms with Gasteiger partial charge in [-0.25, -0.2) is 4.98 Å². The molecule has 3 aromatic rings. The van der Waals surface area contributed by atoms with Gasteiger partial charge < -0.3 is 24.1 Å². The van der Waals surface area contributed by atoms with E-state index < -0.39 is 30.9 Å². The van der Waals surface area contributed by atoms with Crippen LogP contribution in [0.2, 0.25) is 0 Å². The number of hydrogen-bond acceptors (Lipinski definition) is 6. The molecule has 3 heterocycles. The largest absolute Gasteiger partial charge is 0.394 e. The maximum atomic E-state index is 10.1. The van der Waals surface area contributed by atoms with Crippen molar-refractivity contribution in [3.63, 3.8) is 0 Å². The van der Waals surface area contributed by atoms with Crippen LogP contribution in [0, 0.1) is 0 Å². The summed E-state index contributed by atoms with van der Waals surface area (Å²) in [6, 6.07) is 23.4. The van der Waals surface area contributed by atoms with Crippen LogP contribution in [0.25, 0.3) is 0 Å². The van der Waals surface area contributed by atoms with Gasteiger partial charge in [-0.2, -0.15) is 0 Å². The molecule has 0 radical (unpaired) electrons. The summed E-state index contributed by atoms with van der Waals surface area (Å²) >= 11 is 3.39. The Morgan fingerprint density at radius 3 is 1.81 bits per heavy atom. The van der Waals surface area contributed by atoms with Crippen molar-refractivity contribution in [1.29, 1.82) is 0 Å². The number of aliphatic hydroxyl groups is 1. The Morgan fingerprint density at radius 2 is 1.28 bits per heavy atom. The van der Waals surface area contributed by atoms with E-state index in [0.717, 1.165) is 21.3 Å². The monoisotopic (exact) mass is 497 g/mol. The highest BCUT2D eigenvalue weighted by Gasteiger charge is 2.49. The molecule has 1 aromatic heterocycles. The van der Waals surface area contributed by atoms with Gasteiger partial charge in [-0.1, -0.05) is 66.7 Å². The summed E-state index contributed by atoms with van der Waals surface area (Å²) < 4.78 is 26.0. The normalized spacial score (nSPS) is 29.9. The maximum absolute atomic E-state index is 10.1. The molecule has 0 saturated carbocycles. The van der Waals surface area contributed by atoms with E-state index >= 15 is 0 Å². The van der Waals surface area contributed by atoms with Crippen LogP contribution in [0.5, 0.6) is 0 Å². The van der Waals surface area contributed by atoms with E-state index in [1.165, 1.54) is 0 Å². The minimum Gasteiger partial charge on any atom is -0.394 e. The number of aliphatic hydroxyl groups excluding tert-OH is 1. The van der Waals surface area contributed by atoms with Gasteiger partial charge in [0.15, 0.2) is 12.6 Å². The quantitative estimate of drug-likeness (QED) is 0.528. The highest BCUT2D eigenvalue weighted by molar-refractivity contribution is 9.10. The number of fused-ring (bicyclic) bond motifs is 1. The molecule has 7 heteroatoms. The number of halogens is 1. The first kappa shape index (κ1) is 21.7. The second kappa shape index (κ2) is 9.79. The van der Waals surface area contributed by atoms with E-state index in [2.05, 4.69) is 20.9 Å². The molecule has 0 amide bonds. The maximum Gasteiger partial charge on any atom is 0.184 e. The van der Waals surface area contributed by atoms with Gasteiger partial charge in [-0.3, -0.25) is 0 Å². The lowest BCUT2D eigenvalue weighted by Crippen LogP contribution is -2.59. The van der Waals surface area contributed by atoms with Crippen LogP contribution in [-0.2, 0) is 25.4 Å². The van der Waals surface area contributed by atoms with Crippen LogP contribution in [0.4, 0.5) is 0 Å². The highest BCUT2D eigenvalue weighted by atomic mass is 79.9. The molecule has 2 fully saturated rings. The molecule has 2 aromatic carbocycles. The molecule has 6 nitrogen and oxygen atoms in total. The Bertz CT molecular complexity index is 1000. The molecule has 1 N–H and O–H groups in total. The van der Waals surface area contributed by atoms with E-state index in [0.29, 0.717) is 6.42 Å². The van der Waals surface area contributed by atoms with E-state index in [1.54, 1.807) is 0 Å². The zero-order valence-corrected chi connectivity index (χ0v) is 18.9. The smallest absolute Gasteiger partial charge is 0.184 e. The van der Waals surface area contributed by atoms with Crippen LogP contribution >= 0.6 is 15.9 Å².